The Bertz CT molecular complexity index is 591. The second-order valence-electron chi connectivity index (χ2n) is 4.90. The van der Waals surface area contributed by atoms with E-state index in [0.717, 1.165) is 24.7 Å². The zero-order chi connectivity index (χ0) is 16.8. The first-order chi connectivity index (χ1) is 11.0. The molecule has 1 fully saturated rings. The third-order valence-electron chi connectivity index (χ3n) is 3.36. The summed E-state index contributed by atoms with van der Waals surface area (Å²) < 4.78 is 10.0. The van der Waals surface area contributed by atoms with Crippen LogP contribution in [0.3, 0.4) is 0 Å². The van der Waals surface area contributed by atoms with E-state index in [0.29, 0.717) is 28.7 Å². The number of nitro groups is 1. The van der Waals surface area contributed by atoms with Crippen molar-refractivity contribution in [2.75, 3.05) is 32.6 Å². The highest BCUT2D eigenvalue weighted by atomic mass is 35.5. The highest BCUT2D eigenvalue weighted by molar-refractivity contribution is 8.00. The van der Waals surface area contributed by atoms with Gasteiger partial charge < -0.3 is 14.8 Å². The number of nitrogens with one attached hydrogen (secondary N) is 1. The molecule has 0 aromatic heterocycles. The van der Waals surface area contributed by atoms with Gasteiger partial charge in [-0.25, -0.2) is 0 Å². The quantitative estimate of drug-likeness (QED) is 0.373. The molecule has 23 heavy (non-hydrogen) atoms. The van der Waals surface area contributed by atoms with Crippen LogP contribution in [-0.4, -0.2) is 43.5 Å². The number of thioether (sulfide) groups is 1. The highest BCUT2D eigenvalue weighted by Crippen LogP contribution is 2.37. The van der Waals surface area contributed by atoms with Crippen molar-refractivity contribution in [3.05, 3.63) is 32.8 Å². The maximum absolute atomic E-state index is 11.3. The van der Waals surface area contributed by atoms with Crippen LogP contribution < -0.4 is 5.32 Å². The third-order valence-corrected chi connectivity index (χ3v) is 4.71. The minimum absolute atomic E-state index is 0.0161. The van der Waals surface area contributed by atoms with Gasteiger partial charge in [-0.2, -0.15) is 0 Å². The van der Waals surface area contributed by atoms with E-state index in [1.165, 1.54) is 19.2 Å². The van der Waals surface area contributed by atoms with Crippen LogP contribution in [0.25, 0.3) is 0 Å². The molecule has 0 bridgehead atoms. The number of carbonyl (C=O) groups is 1. The Morgan fingerprint density at radius 3 is 3.09 bits per heavy atom. The van der Waals surface area contributed by atoms with Crippen molar-refractivity contribution in [3.63, 3.8) is 0 Å². The molecular formula is C14H17ClN2O5S. The molecule has 0 amide bonds. The van der Waals surface area contributed by atoms with Gasteiger partial charge in [0.1, 0.15) is 0 Å². The molecule has 0 spiro atoms. The number of benzene rings is 1. The number of nitro benzene ring substituents is 1. The van der Waals surface area contributed by atoms with Crippen LogP contribution in [0, 0.1) is 10.1 Å². The smallest absolute Gasteiger partial charge is 0.315 e. The molecule has 1 aromatic rings. The Hall–Kier alpha value is -1.35. The summed E-state index contributed by atoms with van der Waals surface area (Å²) in [4.78, 5) is 22.4. The van der Waals surface area contributed by atoms with E-state index >= 15 is 0 Å². The maximum Gasteiger partial charge on any atom is 0.315 e. The maximum atomic E-state index is 11.3. The highest BCUT2D eigenvalue weighted by Gasteiger charge is 2.24. The predicted molar refractivity (Wildman–Crippen MR) is 87.0 cm³/mol. The van der Waals surface area contributed by atoms with Crippen LogP contribution in [0.4, 0.5) is 5.69 Å². The Balaban J connectivity index is 2.29. The zero-order valence-electron chi connectivity index (χ0n) is 12.5. The number of ether oxygens (including phenoxy) is 2. The van der Waals surface area contributed by atoms with E-state index in [2.05, 4.69) is 10.1 Å². The van der Waals surface area contributed by atoms with Gasteiger partial charge in [0.15, 0.2) is 0 Å². The molecule has 1 heterocycles. The minimum Gasteiger partial charge on any atom is -0.468 e. The topological polar surface area (TPSA) is 90.7 Å². The van der Waals surface area contributed by atoms with Crippen LogP contribution in [0.2, 0.25) is 5.02 Å². The monoisotopic (exact) mass is 360 g/mol. The first kappa shape index (κ1) is 18.0. The molecule has 1 aliphatic heterocycles. The van der Waals surface area contributed by atoms with Crippen molar-refractivity contribution in [1.82, 2.24) is 5.32 Å². The van der Waals surface area contributed by atoms with Crippen molar-refractivity contribution < 1.29 is 19.2 Å². The number of hydrogen-bond donors (Lipinski definition) is 1. The van der Waals surface area contributed by atoms with E-state index < -0.39 is 10.9 Å². The Morgan fingerprint density at radius 2 is 2.39 bits per heavy atom. The Morgan fingerprint density at radius 1 is 1.61 bits per heavy atom. The van der Waals surface area contributed by atoms with Crippen LogP contribution in [-0.2, 0) is 14.3 Å². The molecule has 1 aliphatic rings. The van der Waals surface area contributed by atoms with E-state index in [1.807, 2.05) is 0 Å². The minimum atomic E-state index is -0.475. The standard InChI is InChI=1S/C14H17ClN2O5S/c1-21-14(18)8-23-13-6-10(15)9(5-12(13)17(19)20)11-7-22-4-2-3-16-11/h5-6,11,16H,2-4,7-8H2,1H3. The average Bonchev–Trinajstić information content (AvgIpc) is 2.81. The van der Waals surface area contributed by atoms with Gasteiger partial charge in [0, 0.05) is 17.7 Å². The fourth-order valence-corrected chi connectivity index (χ4v) is 3.42. The van der Waals surface area contributed by atoms with Crippen LogP contribution in [0.5, 0.6) is 0 Å². The molecule has 1 unspecified atom stereocenters. The number of nitrogens with zero attached hydrogens (tertiary/aromatic N) is 1. The van der Waals surface area contributed by atoms with Crippen LogP contribution in [0.1, 0.15) is 18.0 Å². The van der Waals surface area contributed by atoms with Gasteiger partial charge in [0.05, 0.1) is 35.3 Å². The molecule has 7 nitrogen and oxygen atoms in total. The largest absolute Gasteiger partial charge is 0.468 e. The first-order valence-electron chi connectivity index (χ1n) is 7.01. The van der Waals surface area contributed by atoms with E-state index in [-0.39, 0.29) is 17.5 Å². The number of esters is 1. The fraction of sp³-hybridized carbons (Fsp3) is 0.500. The zero-order valence-corrected chi connectivity index (χ0v) is 14.1. The molecule has 1 atom stereocenters. The van der Waals surface area contributed by atoms with Gasteiger partial charge in [-0.3, -0.25) is 14.9 Å². The lowest BCUT2D eigenvalue weighted by atomic mass is 10.1. The molecule has 0 aliphatic carbocycles. The molecule has 126 valence electrons. The summed E-state index contributed by atoms with van der Waals surface area (Å²) in [5, 5.41) is 15.0. The molecular weight excluding hydrogens is 344 g/mol. The van der Waals surface area contributed by atoms with E-state index in [9.17, 15) is 14.9 Å². The number of rotatable bonds is 5. The summed E-state index contributed by atoms with van der Waals surface area (Å²) in [5.74, 6) is -0.471. The Labute approximate surface area is 142 Å². The van der Waals surface area contributed by atoms with Gasteiger partial charge in [-0.05, 0) is 24.6 Å². The van der Waals surface area contributed by atoms with Gasteiger partial charge in [-0.1, -0.05) is 11.6 Å². The SMILES string of the molecule is COC(=O)CSc1cc(Cl)c(C2COCCCN2)cc1[N+](=O)[O-]. The molecule has 0 saturated carbocycles. The summed E-state index contributed by atoms with van der Waals surface area (Å²) in [6, 6.07) is 2.78. The molecule has 1 N–H and O–H groups in total. The second kappa shape index (κ2) is 8.49. The normalized spacial score (nSPS) is 18.3. The van der Waals surface area contributed by atoms with Crippen molar-refractivity contribution in [3.8, 4) is 0 Å². The molecule has 1 saturated heterocycles. The number of halogens is 1. The van der Waals surface area contributed by atoms with Gasteiger partial charge in [0.25, 0.3) is 5.69 Å². The van der Waals surface area contributed by atoms with Crippen molar-refractivity contribution >= 4 is 35.0 Å². The second-order valence-corrected chi connectivity index (χ2v) is 6.32. The molecule has 1 aromatic carbocycles. The van der Waals surface area contributed by atoms with Gasteiger partial charge in [-0.15, -0.1) is 11.8 Å². The predicted octanol–water partition coefficient (Wildman–Crippen LogP) is 2.56. The Kier molecular flexibility index (Phi) is 6.64. The van der Waals surface area contributed by atoms with Crippen LogP contribution in [0.15, 0.2) is 17.0 Å². The average molecular weight is 361 g/mol. The lowest BCUT2D eigenvalue weighted by Crippen LogP contribution is -2.23. The first-order valence-corrected chi connectivity index (χ1v) is 8.38. The summed E-state index contributed by atoms with van der Waals surface area (Å²) in [6.45, 7) is 1.81. The number of carbonyl (C=O) groups excluding carboxylic acids is 1. The van der Waals surface area contributed by atoms with Crippen molar-refractivity contribution in [2.24, 2.45) is 0 Å². The molecule has 0 radical (unpaired) electrons. The number of hydrogen-bond acceptors (Lipinski definition) is 7. The molecule has 9 heteroatoms. The summed E-state index contributed by atoms with van der Waals surface area (Å²) >= 11 is 7.32. The van der Waals surface area contributed by atoms with Crippen molar-refractivity contribution in [2.45, 2.75) is 17.4 Å². The summed E-state index contributed by atoms with van der Waals surface area (Å²) in [6.07, 6.45) is 0.878. The van der Waals surface area contributed by atoms with Gasteiger partial charge in [0.2, 0.25) is 0 Å². The van der Waals surface area contributed by atoms with Crippen molar-refractivity contribution in [1.29, 1.82) is 0 Å². The molecule has 2 rings (SSSR count). The number of methoxy groups -OCH3 is 1. The third kappa shape index (κ3) is 4.81. The van der Waals surface area contributed by atoms with E-state index in [4.69, 9.17) is 16.3 Å². The summed E-state index contributed by atoms with van der Waals surface area (Å²) in [7, 11) is 1.27. The lowest BCUT2D eigenvalue weighted by Gasteiger charge is -2.18. The van der Waals surface area contributed by atoms with Crippen LogP contribution >= 0.6 is 23.4 Å². The van der Waals surface area contributed by atoms with Gasteiger partial charge >= 0.3 is 5.97 Å². The summed E-state index contributed by atoms with van der Waals surface area (Å²) in [5.41, 5.74) is 0.548. The lowest BCUT2D eigenvalue weighted by molar-refractivity contribution is -0.387. The fourth-order valence-electron chi connectivity index (χ4n) is 2.19. The van der Waals surface area contributed by atoms with E-state index in [1.54, 1.807) is 0 Å².